The van der Waals surface area contributed by atoms with Crippen LogP contribution in [0.5, 0.6) is 0 Å². The first kappa shape index (κ1) is 14.0. The third-order valence-corrected chi connectivity index (χ3v) is 2.31. The highest BCUT2D eigenvalue weighted by Crippen LogP contribution is 2.13. The second kappa shape index (κ2) is 6.64. The van der Waals surface area contributed by atoms with Crippen LogP contribution in [0.3, 0.4) is 0 Å². The average molecular weight is 247 g/mol. The van der Waals surface area contributed by atoms with E-state index < -0.39 is 0 Å². The van der Waals surface area contributed by atoms with Crippen molar-refractivity contribution in [1.29, 1.82) is 0 Å². The Morgan fingerprint density at radius 3 is 2.56 bits per heavy atom. The van der Waals surface area contributed by atoms with E-state index in [9.17, 15) is 4.79 Å². The molecule has 18 heavy (non-hydrogen) atoms. The second-order valence-electron chi connectivity index (χ2n) is 4.37. The molecule has 0 saturated carbocycles. The summed E-state index contributed by atoms with van der Waals surface area (Å²) in [6, 6.07) is 6.59. The van der Waals surface area contributed by atoms with Gasteiger partial charge < -0.3 is 10.2 Å². The quantitative estimate of drug-likeness (QED) is 0.492. The average Bonchev–Trinajstić information content (AvgIpc) is 2.29. The van der Waals surface area contributed by atoms with Gasteiger partial charge in [-0.05, 0) is 38.7 Å². The van der Waals surface area contributed by atoms with E-state index >= 15 is 0 Å². The van der Waals surface area contributed by atoms with Gasteiger partial charge in [-0.15, -0.1) is 0 Å². The van der Waals surface area contributed by atoms with E-state index in [1.165, 1.54) is 0 Å². The molecule has 0 heterocycles. The van der Waals surface area contributed by atoms with Crippen LogP contribution in [0.2, 0.25) is 0 Å². The Labute approximate surface area is 106 Å². The molecular formula is C12H17N5O. The zero-order valence-corrected chi connectivity index (χ0v) is 10.8. The Morgan fingerprint density at radius 1 is 1.44 bits per heavy atom. The zero-order chi connectivity index (χ0) is 13.5. The molecule has 96 valence electrons. The monoisotopic (exact) mass is 247 g/mol. The van der Waals surface area contributed by atoms with Gasteiger partial charge in [0, 0.05) is 28.7 Å². The van der Waals surface area contributed by atoms with Gasteiger partial charge in [0.25, 0.3) is 5.91 Å². The summed E-state index contributed by atoms with van der Waals surface area (Å²) in [7, 11) is 3.91. The maximum absolute atomic E-state index is 11.9. The lowest BCUT2D eigenvalue weighted by atomic mass is 10.2. The fraction of sp³-hybridized carbons (Fsp3) is 0.417. The topological polar surface area (TPSA) is 81.1 Å². The summed E-state index contributed by atoms with van der Waals surface area (Å²) in [5.74, 6) is -0.128. The van der Waals surface area contributed by atoms with Crippen LogP contribution in [-0.2, 0) is 0 Å². The summed E-state index contributed by atoms with van der Waals surface area (Å²) >= 11 is 0. The van der Waals surface area contributed by atoms with Crippen molar-refractivity contribution >= 4 is 11.6 Å². The lowest BCUT2D eigenvalue weighted by molar-refractivity contribution is 0.0934. The summed E-state index contributed by atoms with van der Waals surface area (Å²) in [6.07, 6.45) is 0. The number of rotatable bonds is 5. The van der Waals surface area contributed by atoms with E-state index in [-0.39, 0.29) is 11.9 Å². The zero-order valence-electron chi connectivity index (χ0n) is 10.8. The van der Waals surface area contributed by atoms with Crippen LogP contribution < -0.4 is 5.32 Å². The van der Waals surface area contributed by atoms with Gasteiger partial charge in [0.1, 0.15) is 0 Å². The van der Waals surface area contributed by atoms with Crippen LogP contribution in [0, 0.1) is 0 Å². The summed E-state index contributed by atoms with van der Waals surface area (Å²) in [4.78, 5) is 16.6. The SMILES string of the molecule is CC(CN(C)C)NC(=O)c1ccc(N=[N+]=[N-])cc1. The van der Waals surface area contributed by atoms with Crippen molar-refractivity contribution in [3.8, 4) is 0 Å². The van der Waals surface area contributed by atoms with Crippen LogP contribution in [0.15, 0.2) is 29.4 Å². The third kappa shape index (κ3) is 4.45. The van der Waals surface area contributed by atoms with Crippen molar-refractivity contribution in [2.45, 2.75) is 13.0 Å². The molecule has 1 rings (SSSR count). The van der Waals surface area contributed by atoms with Crippen LogP contribution in [-0.4, -0.2) is 37.5 Å². The number of nitrogens with one attached hydrogen (secondary N) is 1. The third-order valence-electron chi connectivity index (χ3n) is 2.31. The van der Waals surface area contributed by atoms with Gasteiger partial charge >= 0.3 is 0 Å². The fourth-order valence-corrected chi connectivity index (χ4v) is 1.63. The molecule has 0 aliphatic carbocycles. The van der Waals surface area contributed by atoms with E-state index in [2.05, 4.69) is 15.3 Å². The van der Waals surface area contributed by atoms with E-state index in [0.29, 0.717) is 11.3 Å². The first-order valence-electron chi connectivity index (χ1n) is 5.63. The Balaban J connectivity index is 2.64. The summed E-state index contributed by atoms with van der Waals surface area (Å²) < 4.78 is 0. The van der Waals surface area contributed by atoms with Gasteiger partial charge in [-0.3, -0.25) is 4.79 Å². The van der Waals surface area contributed by atoms with Crippen LogP contribution in [0.4, 0.5) is 5.69 Å². The minimum absolute atomic E-state index is 0.0734. The van der Waals surface area contributed by atoms with Crippen molar-refractivity contribution < 1.29 is 4.79 Å². The maximum Gasteiger partial charge on any atom is 0.251 e. The molecule has 0 saturated heterocycles. The molecule has 0 fully saturated rings. The van der Waals surface area contributed by atoms with Crippen LogP contribution in [0.1, 0.15) is 17.3 Å². The largest absolute Gasteiger partial charge is 0.348 e. The van der Waals surface area contributed by atoms with Crippen molar-refractivity contribution in [2.24, 2.45) is 5.11 Å². The van der Waals surface area contributed by atoms with Gasteiger partial charge in [0.05, 0.1) is 0 Å². The second-order valence-corrected chi connectivity index (χ2v) is 4.37. The Morgan fingerprint density at radius 2 is 2.06 bits per heavy atom. The number of carbonyl (C=O) groups excluding carboxylic acids is 1. The first-order chi connectivity index (χ1) is 8.52. The Bertz CT molecular complexity index is 448. The minimum atomic E-state index is -0.128. The van der Waals surface area contributed by atoms with E-state index in [1.807, 2.05) is 25.9 Å². The van der Waals surface area contributed by atoms with Crippen LogP contribution in [0.25, 0.3) is 10.4 Å². The van der Waals surface area contributed by atoms with E-state index in [0.717, 1.165) is 6.54 Å². The highest BCUT2D eigenvalue weighted by molar-refractivity contribution is 5.94. The van der Waals surface area contributed by atoms with Gasteiger partial charge in [-0.2, -0.15) is 0 Å². The molecule has 6 nitrogen and oxygen atoms in total. The molecule has 0 aromatic heterocycles. The molecule has 1 atom stereocenters. The van der Waals surface area contributed by atoms with Crippen molar-refractivity contribution in [2.75, 3.05) is 20.6 Å². The molecule has 1 amide bonds. The first-order valence-corrected chi connectivity index (χ1v) is 5.63. The predicted molar refractivity (Wildman–Crippen MR) is 70.7 cm³/mol. The number of carbonyl (C=O) groups is 1. The molecule has 1 aromatic carbocycles. The number of hydrogen-bond acceptors (Lipinski definition) is 3. The van der Waals surface area contributed by atoms with Crippen molar-refractivity contribution in [1.82, 2.24) is 10.2 Å². The highest BCUT2D eigenvalue weighted by atomic mass is 16.1. The van der Waals surface area contributed by atoms with E-state index in [1.54, 1.807) is 24.3 Å². The smallest absolute Gasteiger partial charge is 0.251 e. The molecule has 1 N–H and O–H groups in total. The van der Waals surface area contributed by atoms with Gasteiger partial charge in [0.15, 0.2) is 0 Å². The summed E-state index contributed by atoms with van der Waals surface area (Å²) in [5.41, 5.74) is 9.32. The molecule has 0 spiro atoms. The Kier molecular flexibility index (Phi) is 5.17. The van der Waals surface area contributed by atoms with Gasteiger partial charge in [-0.25, -0.2) is 0 Å². The minimum Gasteiger partial charge on any atom is -0.348 e. The molecule has 1 aromatic rings. The molecule has 6 heteroatoms. The number of amides is 1. The number of hydrogen-bond donors (Lipinski definition) is 1. The summed E-state index contributed by atoms with van der Waals surface area (Å²) in [5, 5.41) is 6.34. The molecule has 1 unspecified atom stereocenters. The normalized spacial score (nSPS) is 11.8. The van der Waals surface area contributed by atoms with Gasteiger partial charge in [-0.1, -0.05) is 17.2 Å². The maximum atomic E-state index is 11.9. The summed E-state index contributed by atoms with van der Waals surface area (Å²) in [6.45, 7) is 2.73. The number of benzene rings is 1. The molecule has 0 aliphatic rings. The molecule has 0 bridgehead atoms. The lowest BCUT2D eigenvalue weighted by Gasteiger charge is -2.18. The molecule has 0 aliphatic heterocycles. The molecular weight excluding hydrogens is 230 g/mol. The standard InChI is InChI=1S/C12H17N5O/c1-9(8-17(2)3)14-12(18)10-4-6-11(7-5-10)15-16-13/h4-7,9H,8H2,1-3H3,(H,14,18). The van der Waals surface area contributed by atoms with E-state index in [4.69, 9.17) is 5.53 Å². The van der Waals surface area contributed by atoms with Gasteiger partial charge in [0.2, 0.25) is 0 Å². The number of azide groups is 1. The number of nitrogens with zero attached hydrogens (tertiary/aromatic N) is 4. The van der Waals surface area contributed by atoms with Crippen LogP contribution >= 0.6 is 0 Å². The number of likely N-dealkylation sites (N-methyl/N-ethyl adjacent to an activating group) is 1. The molecule has 0 radical (unpaired) electrons. The highest BCUT2D eigenvalue weighted by Gasteiger charge is 2.09. The van der Waals surface area contributed by atoms with Crippen molar-refractivity contribution in [3.05, 3.63) is 40.3 Å². The fourth-order valence-electron chi connectivity index (χ4n) is 1.63. The Hall–Kier alpha value is -2.04. The lowest BCUT2D eigenvalue weighted by Crippen LogP contribution is -2.39. The predicted octanol–water partition coefficient (Wildman–Crippen LogP) is 2.31. The van der Waals surface area contributed by atoms with Crippen molar-refractivity contribution in [3.63, 3.8) is 0 Å².